The Bertz CT molecular complexity index is 688. The maximum absolute atomic E-state index is 11.5. The molecule has 0 spiro atoms. The summed E-state index contributed by atoms with van der Waals surface area (Å²) in [6.07, 6.45) is 0. The van der Waals surface area contributed by atoms with Crippen molar-refractivity contribution in [2.75, 3.05) is 0 Å². The SMILES string of the molecule is O=S([O-])O[P+](c1ccccc1)(c1ccccc1)c1ccccc1.[K+]. The van der Waals surface area contributed by atoms with Gasteiger partial charge < -0.3 is 4.55 Å². The van der Waals surface area contributed by atoms with E-state index in [-0.39, 0.29) is 51.4 Å². The molecule has 116 valence electrons. The summed E-state index contributed by atoms with van der Waals surface area (Å²) >= 11 is -2.64. The van der Waals surface area contributed by atoms with Crippen molar-refractivity contribution in [3.8, 4) is 0 Å². The number of benzene rings is 3. The first-order valence-electron chi connectivity index (χ1n) is 7.09. The monoisotopic (exact) mass is 381 g/mol. The third-order valence-corrected chi connectivity index (χ3v) is 7.99. The zero-order valence-corrected chi connectivity index (χ0v) is 18.1. The summed E-state index contributed by atoms with van der Waals surface area (Å²) in [6.45, 7) is 0. The molecule has 0 heterocycles. The van der Waals surface area contributed by atoms with Gasteiger partial charge in [0.15, 0.2) is 0 Å². The molecule has 0 saturated carbocycles. The quantitative estimate of drug-likeness (QED) is 0.347. The van der Waals surface area contributed by atoms with E-state index in [9.17, 15) is 8.76 Å². The van der Waals surface area contributed by atoms with Crippen LogP contribution in [0.3, 0.4) is 0 Å². The van der Waals surface area contributed by atoms with E-state index < -0.39 is 18.9 Å². The molecule has 24 heavy (non-hydrogen) atoms. The fraction of sp³-hybridized carbons (Fsp3) is 0. The first-order valence-corrected chi connectivity index (χ1v) is 9.79. The minimum Gasteiger partial charge on any atom is -0.747 e. The van der Waals surface area contributed by atoms with Crippen LogP contribution in [0.5, 0.6) is 0 Å². The molecule has 3 aromatic carbocycles. The van der Waals surface area contributed by atoms with Gasteiger partial charge in [-0.1, -0.05) is 54.6 Å². The summed E-state index contributed by atoms with van der Waals surface area (Å²) in [5.74, 6) is 0. The van der Waals surface area contributed by atoms with Crippen molar-refractivity contribution in [3.05, 3.63) is 91.0 Å². The molecule has 0 saturated heterocycles. The van der Waals surface area contributed by atoms with Crippen LogP contribution in [0.15, 0.2) is 91.0 Å². The smallest absolute Gasteiger partial charge is 0.747 e. The Morgan fingerprint density at radius 3 is 1.21 bits per heavy atom. The van der Waals surface area contributed by atoms with Gasteiger partial charge >= 0.3 is 51.4 Å². The van der Waals surface area contributed by atoms with Crippen molar-refractivity contribution in [2.45, 2.75) is 0 Å². The molecule has 1 atom stereocenters. The fourth-order valence-electron chi connectivity index (χ4n) is 2.58. The van der Waals surface area contributed by atoms with Gasteiger partial charge in [0.2, 0.25) is 0 Å². The molecule has 0 amide bonds. The predicted octanol–water partition coefficient (Wildman–Crippen LogP) is -0.290. The van der Waals surface area contributed by atoms with Gasteiger partial charge in [-0.25, -0.2) is 4.21 Å². The Kier molecular flexibility index (Phi) is 7.95. The maximum atomic E-state index is 11.5. The molecule has 0 N–H and O–H groups in total. The average molecular weight is 381 g/mol. The van der Waals surface area contributed by atoms with Crippen molar-refractivity contribution in [1.29, 1.82) is 0 Å². The van der Waals surface area contributed by atoms with Crippen LogP contribution in [0.25, 0.3) is 0 Å². The zero-order chi connectivity index (χ0) is 16.1. The van der Waals surface area contributed by atoms with Crippen molar-refractivity contribution < 1.29 is 64.1 Å². The molecule has 0 bridgehead atoms. The Labute approximate surface area is 187 Å². The molecule has 3 rings (SSSR count). The normalized spacial score (nSPS) is 12.2. The first-order chi connectivity index (χ1) is 11.2. The molecule has 0 aliphatic heterocycles. The largest absolute Gasteiger partial charge is 1.00 e. The summed E-state index contributed by atoms with van der Waals surface area (Å²) in [7, 11) is -2.72. The van der Waals surface area contributed by atoms with E-state index in [2.05, 4.69) is 0 Å². The van der Waals surface area contributed by atoms with E-state index in [1.165, 1.54) is 0 Å². The number of hydrogen-bond acceptors (Lipinski definition) is 3. The van der Waals surface area contributed by atoms with Crippen LogP contribution in [0.4, 0.5) is 0 Å². The van der Waals surface area contributed by atoms with Crippen LogP contribution in [0.2, 0.25) is 0 Å². The topological polar surface area (TPSA) is 49.4 Å². The van der Waals surface area contributed by atoms with Crippen LogP contribution in [0.1, 0.15) is 0 Å². The fourth-order valence-corrected chi connectivity index (χ4v) is 7.01. The van der Waals surface area contributed by atoms with Gasteiger partial charge in [-0.15, -0.1) is 3.97 Å². The van der Waals surface area contributed by atoms with Crippen LogP contribution in [-0.4, -0.2) is 8.76 Å². The van der Waals surface area contributed by atoms with Gasteiger partial charge in [-0.2, -0.15) is 0 Å². The summed E-state index contributed by atoms with van der Waals surface area (Å²) in [4.78, 5) is 0. The molecular weight excluding hydrogens is 366 g/mol. The minimum atomic E-state index is -2.72. The second kappa shape index (κ2) is 9.48. The predicted molar refractivity (Wildman–Crippen MR) is 95.2 cm³/mol. The van der Waals surface area contributed by atoms with Crippen molar-refractivity contribution in [2.24, 2.45) is 0 Å². The summed E-state index contributed by atoms with van der Waals surface area (Å²) in [5.41, 5.74) is 0. The molecule has 0 aliphatic rings. The molecule has 3 aromatic rings. The van der Waals surface area contributed by atoms with Crippen LogP contribution < -0.4 is 67.3 Å². The molecular formula is C18H15KO3PS+. The van der Waals surface area contributed by atoms with E-state index in [0.29, 0.717) is 0 Å². The van der Waals surface area contributed by atoms with Crippen molar-refractivity contribution in [3.63, 3.8) is 0 Å². The summed E-state index contributed by atoms with van der Waals surface area (Å²) in [5, 5.41) is 2.59. The third kappa shape index (κ3) is 4.30. The Morgan fingerprint density at radius 1 is 0.667 bits per heavy atom. The third-order valence-electron chi connectivity index (χ3n) is 3.53. The maximum Gasteiger partial charge on any atom is 1.00 e. The van der Waals surface area contributed by atoms with E-state index in [1.54, 1.807) is 0 Å². The number of rotatable bonds is 5. The zero-order valence-electron chi connectivity index (χ0n) is 13.2. The van der Waals surface area contributed by atoms with Gasteiger partial charge in [-0.3, -0.25) is 0 Å². The molecule has 0 aliphatic carbocycles. The summed E-state index contributed by atoms with van der Waals surface area (Å²) in [6, 6.07) is 28.6. The molecule has 0 radical (unpaired) electrons. The molecule has 3 nitrogen and oxygen atoms in total. The van der Waals surface area contributed by atoms with E-state index in [4.69, 9.17) is 3.97 Å². The Morgan fingerprint density at radius 2 is 0.958 bits per heavy atom. The standard InChI is InChI=1S/C18H15O3PS.K/c19-23(20)21-22(16-10-4-1-5-11-16,17-12-6-2-7-13-17)18-14-8-3-9-15-18;/h1-15H;/q;+1. The van der Waals surface area contributed by atoms with Gasteiger partial charge in [0.25, 0.3) is 7.49 Å². The van der Waals surface area contributed by atoms with E-state index >= 15 is 0 Å². The molecule has 1 unspecified atom stereocenters. The molecule has 6 heteroatoms. The number of hydrogen-bond donors (Lipinski definition) is 0. The second-order valence-electron chi connectivity index (χ2n) is 4.89. The Balaban J connectivity index is 0.00000208. The van der Waals surface area contributed by atoms with Crippen LogP contribution >= 0.6 is 7.49 Å². The van der Waals surface area contributed by atoms with Crippen molar-refractivity contribution >= 4 is 34.8 Å². The van der Waals surface area contributed by atoms with Gasteiger partial charge in [0.05, 0.1) is 0 Å². The van der Waals surface area contributed by atoms with Crippen LogP contribution in [-0.2, 0) is 15.3 Å². The van der Waals surface area contributed by atoms with E-state index in [1.807, 2.05) is 91.0 Å². The van der Waals surface area contributed by atoms with E-state index in [0.717, 1.165) is 15.9 Å². The first kappa shape index (κ1) is 20.1. The Hall–Kier alpha value is -0.204. The summed E-state index contributed by atoms with van der Waals surface area (Å²) < 4.78 is 28.7. The van der Waals surface area contributed by atoms with Gasteiger partial charge in [-0.05, 0) is 36.4 Å². The molecule has 0 fully saturated rings. The second-order valence-corrected chi connectivity index (χ2v) is 8.67. The minimum absolute atomic E-state index is 0. The van der Waals surface area contributed by atoms with Crippen molar-refractivity contribution in [1.82, 2.24) is 0 Å². The molecule has 0 aromatic heterocycles. The van der Waals surface area contributed by atoms with Gasteiger partial charge in [0, 0.05) is 0 Å². The average Bonchev–Trinajstić information content (AvgIpc) is 2.62. The van der Waals surface area contributed by atoms with Gasteiger partial charge in [0.1, 0.15) is 27.3 Å². The van der Waals surface area contributed by atoms with Crippen LogP contribution in [0, 0.1) is 0 Å².